The number of rotatable bonds is 4. The largest absolute Gasteiger partial charge is 0.321 e. The van der Waals surface area contributed by atoms with Gasteiger partial charge in [0.2, 0.25) is 0 Å². The van der Waals surface area contributed by atoms with Crippen molar-refractivity contribution in [3.8, 4) is 0 Å². The molecule has 1 amide bonds. The molecule has 1 N–H and O–H groups in total. The Morgan fingerprint density at radius 1 is 1.00 bits per heavy atom. The molecule has 11 heteroatoms. The molecule has 0 radical (unpaired) electrons. The summed E-state index contributed by atoms with van der Waals surface area (Å²) in [5.74, 6) is -0.893. The first kappa shape index (κ1) is 17.9. The average Bonchev–Trinajstić information content (AvgIpc) is 2.49. The lowest BCUT2D eigenvalue weighted by molar-refractivity contribution is -0.394. The monoisotopic (exact) mass is 389 g/mol. The van der Waals surface area contributed by atoms with Crippen molar-refractivity contribution >= 4 is 57.8 Å². The first-order valence-corrected chi connectivity index (χ1v) is 7.23. The summed E-state index contributed by atoms with van der Waals surface area (Å²) in [5, 5.41) is 24.1. The molecule has 0 atom stereocenters. The smallest absolute Gasteiger partial charge is 0.295 e. The molecule has 24 heavy (non-hydrogen) atoms. The van der Waals surface area contributed by atoms with Crippen molar-refractivity contribution in [3.63, 3.8) is 0 Å². The molecule has 2 rings (SSSR count). The molecule has 0 aromatic heterocycles. The Morgan fingerprint density at radius 2 is 1.67 bits per heavy atom. The van der Waals surface area contributed by atoms with Gasteiger partial charge in [-0.05, 0) is 18.2 Å². The Balaban J connectivity index is 2.48. The number of nitrogens with one attached hydrogen (secondary N) is 1. The van der Waals surface area contributed by atoms with E-state index in [1.54, 1.807) is 0 Å². The lowest BCUT2D eigenvalue weighted by atomic mass is 10.1. The third-order valence-electron chi connectivity index (χ3n) is 2.87. The quantitative estimate of drug-likeness (QED) is 0.599. The van der Waals surface area contributed by atoms with Crippen molar-refractivity contribution in [2.45, 2.75) is 0 Å². The minimum atomic E-state index is -0.915. The van der Waals surface area contributed by atoms with Gasteiger partial charge in [-0.3, -0.25) is 25.0 Å². The molecule has 0 heterocycles. The average molecular weight is 391 g/mol. The molecule has 2 aromatic rings. The lowest BCUT2D eigenvalue weighted by Crippen LogP contribution is -2.14. The van der Waals surface area contributed by atoms with Gasteiger partial charge < -0.3 is 5.32 Å². The summed E-state index contributed by atoms with van der Waals surface area (Å²) in [4.78, 5) is 32.3. The minimum absolute atomic E-state index is 0.118. The minimum Gasteiger partial charge on any atom is -0.321 e. The van der Waals surface area contributed by atoms with E-state index < -0.39 is 37.7 Å². The van der Waals surface area contributed by atoms with Crippen LogP contribution in [0.25, 0.3) is 0 Å². The Hall–Kier alpha value is -2.42. The number of carbonyl (C=O) groups is 1. The van der Waals surface area contributed by atoms with Crippen LogP contribution in [0.3, 0.4) is 0 Å². The van der Waals surface area contributed by atoms with E-state index in [0.29, 0.717) is 11.1 Å². The Kier molecular flexibility index (Phi) is 5.23. The maximum absolute atomic E-state index is 12.3. The van der Waals surface area contributed by atoms with E-state index in [9.17, 15) is 25.0 Å². The number of hydrogen-bond acceptors (Lipinski definition) is 5. The third-order valence-corrected chi connectivity index (χ3v) is 3.81. The van der Waals surface area contributed by atoms with Crippen LogP contribution in [0, 0.1) is 20.2 Å². The zero-order valence-corrected chi connectivity index (χ0v) is 13.7. The molecule has 0 fully saturated rings. The van der Waals surface area contributed by atoms with Gasteiger partial charge in [0.25, 0.3) is 17.3 Å². The summed E-state index contributed by atoms with van der Waals surface area (Å²) in [7, 11) is 0. The second-order valence-corrected chi connectivity index (χ2v) is 5.64. The molecule has 0 aliphatic heterocycles. The van der Waals surface area contributed by atoms with Gasteiger partial charge in [-0.15, -0.1) is 0 Å². The molecular weight excluding hydrogens is 385 g/mol. The van der Waals surface area contributed by atoms with E-state index in [0.717, 1.165) is 6.07 Å². The molecule has 0 spiro atoms. The number of nitro groups is 2. The van der Waals surface area contributed by atoms with E-state index in [2.05, 4.69) is 5.32 Å². The molecule has 0 unspecified atom stereocenters. The predicted octanol–water partition coefficient (Wildman–Crippen LogP) is 4.72. The van der Waals surface area contributed by atoms with Crippen LogP contribution >= 0.6 is 34.8 Å². The number of nitrogens with zero attached hydrogens (tertiary/aromatic N) is 2. The summed E-state index contributed by atoms with van der Waals surface area (Å²) in [6.45, 7) is 0. The van der Waals surface area contributed by atoms with Gasteiger partial charge in [-0.2, -0.15) is 0 Å². The fraction of sp³-hybridized carbons (Fsp3) is 0. The Morgan fingerprint density at radius 3 is 2.21 bits per heavy atom. The van der Waals surface area contributed by atoms with Crippen molar-refractivity contribution in [1.82, 2.24) is 0 Å². The van der Waals surface area contributed by atoms with Crippen molar-refractivity contribution in [2.75, 3.05) is 5.32 Å². The highest BCUT2D eigenvalue weighted by Gasteiger charge is 2.26. The summed E-state index contributed by atoms with van der Waals surface area (Å²) >= 11 is 17.5. The van der Waals surface area contributed by atoms with Gasteiger partial charge in [-0.1, -0.05) is 34.8 Å². The molecule has 0 aliphatic carbocycles. The second kappa shape index (κ2) is 7.00. The normalized spacial score (nSPS) is 10.3. The fourth-order valence-corrected chi connectivity index (χ4v) is 2.50. The molecule has 0 saturated heterocycles. The van der Waals surface area contributed by atoms with Crippen molar-refractivity contribution in [1.29, 1.82) is 0 Å². The van der Waals surface area contributed by atoms with Crippen molar-refractivity contribution in [3.05, 3.63) is 71.2 Å². The number of hydrogen-bond donors (Lipinski definition) is 1. The third kappa shape index (κ3) is 3.73. The first-order chi connectivity index (χ1) is 11.2. The predicted molar refractivity (Wildman–Crippen MR) is 89.2 cm³/mol. The number of benzene rings is 2. The number of non-ortho nitro benzene ring substituents is 1. The number of anilines is 1. The van der Waals surface area contributed by atoms with Crippen LogP contribution in [0.1, 0.15) is 10.4 Å². The van der Waals surface area contributed by atoms with Crippen LogP contribution in [-0.2, 0) is 0 Å². The summed E-state index contributed by atoms with van der Waals surface area (Å²) in [6, 6.07) is 5.75. The van der Waals surface area contributed by atoms with Gasteiger partial charge >= 0.3 is 0 Å². The Bertz CT molecular complexity index is 872. The van der Waals surface area contributed by atoms with Crippen LogP contribution in [0.15, 0.2) is 30.3 Å². The summed E-state index contributed by atoms with van der Waals surface area (Å²) in [6.07, 6.45) is 0. The van der Waals surface area contributed by atoms with Crippen LogP contribution < -0.4 is 5.32 Å². The molecule has 0 aliphatic rings. The molecule has 8 nitrogen and oxygen atoms in total. The fourth-order valence-electron chi connectivity index (χ4n) is 1.78. The van der Waals surface area contributed by atoms with E-state index in [-0.39, 0.29) is 10.7 Å². The summed E-state index contributed by atoms with van der Waals surface area (Å²) in [5.41, 5.74) is -1.66. The van der Waals surface area contributed by atoms with Crippen LogP contribution in [-0.4, -0.2) is 15.8 Å². The van der Waals surface area contributed by atoms with Crippen molar-refractivity contribution in [2.24, 2.45) is 0 Å². The number of nitro benzene ring substituents is 2. The molecule has 0 bridgehead atoms. The second-order valence-electron chi connectivity index (χ2n) is 4.42. The highest BCUT2D eigenvalue weighted by atomic mass is 35.5. The van der Waals surface area contributed by atoms with Crippen LogP contribution in [0.2, 0.25) is 15.1 Å². The SMILES string of the molecule is O=C(Nc1ccc(Cl)cc1Cl)c1cc([N+](=O)[O-])cc([N+](=O)[O-])c1Cl. The topological polar surface area (TPSA) is 115 Å². The summed E-state index contributed by atoms with van der Waals surface area (Å²) < 4.78 is 0. The molecule has 2 aromatic carbocycles. The Labute approximate surface area is 149 Å². The molecular formula is C13H6Cl3N3O5. The number of halogens is 3. The maximum atomic E-state index is 12.3. The standard InChI is InChI=1S/C13H6Cl3N3O5/c14-6-1-2-10(9(15)3-6)17-13(20)8-4-7(18(21)22)5-11(12(8)16)19(23)24/h1-5H,(H,17,20). The highest BCUT2D eigenvalue weighted by Crippen LogP contribution is 2.34. The van der Waals surface area contributed by atoms with E-state index in [4.69, 9.17) is 34.8 Å². The molecule has 124 valence electrons. The van der Waals surface area contributed by atoms with Gasteiger partial charge in [0.15, 0.2) is 0 Å². The van der Waals surface area contributed by atoms with Crippen LogP contribution in [0.5, 0.6) is 0 Å². The first-order valence-electron chi connectivity index (χ1n) is 6.09. The van der Waals surface area contributed by atoms with Gasteiger partial charge in [-0.25, -0.2) is 0 Å². The van der Waals surface area contributed by atoms with E-state index in [1.807, 2.05) is 0 Å². The maximum Gasteiger partial charge on any atom is 0.295 e. The van der Waals surface area contributed by atoms with E-state index >= 15 is 0 Å². The molecule has 0 saturated carbocycles. The van der Waals surface area contributed by atoms with Gasteiger partial charge in [0.1, 0.15) is 5.02 Å². The van der Waals surface area contributed by atoms with E-state index in [1.165, 1.54) is 18.2 Å². The van der Waals surface area contributed by atoms with Gasteiger partial charge in [0, 0.05) is 11.1 Å². The number of carbonyl (C=O) groups excluding carboxylic acids is 1. The van der Waals surface area contributed by atoms with Crippen LogP contribution in [0.4, 0.5) is 17.1 Å². The van der Waals surface area contributed by atoms with Crippen molar-refractivity contribution < 1.29 is 14.6 Å². The number of amides is 1. The zero-order chi connectivity index (χ0) is 18.0. The highest BCUT2D eigenvalue weighted by molar-refractivity contribution is 6.38. The van der Waals surface area contributed by atoms with Gasteiger partial charge in [0.05, 0.1) is 32.2 Å². The lowest BCUT2D eigenvalue weighted by Gasteiger charge is -2.09. The zero-order valence-electron chi connectivity index (χ0n) is 11.5.